The van der Waals surface area contributed by atoms with Gasteiger partial charge < -0.3 is 5.32 Å². The van der Waals surface area contributed by atoms with E-state index in [0.717, 1.165) is 30.9 Å². The predicted molar refractivity (Wildman–Crippen MR) is 76.9 cm³/mol. The fourth-order valence-electron chi connectivity index (χ4n) is 2.19. The van der Waals surface area contributed by atoms with Crippen molar-refractivity contribution in [1.82, 2.24) is 20.5 Å². The summed E-state index contributed by atoms with van der Waals surface area (Å²) in [6, 6.07) is 3.34. The molecule has 0 saturated carbocycles. The average molecular weight is 289 g/mol. The fourth-order valence-corrected chi connectivity index (χ4v) is 3.06. The lowest BCUT2D eigenvalue weighted by Crippen LogP contribution is -2.28. The van der Waals surface area contributed by atoms with Gasteiger partial charge in [0, 0.05) is 30.4 Å². The molecule has 1 aliphatic heterocycles. The Bertz CT molecular complexity index is 579. The second-order valence-electron chi connectivity index (χ2n) is 4.68. The molecule has 6 nitrogen and oxygen atoms in total. The topological polar surface area (TPSA) is 79.8 Å². The van der Waals surface area contributed by atoms with Crippen molar-refractivity contribution in [3.05, 3.63) is 35.1 Å². The molecule has 0 spiro atoms. The molecule has 1 atom stereocenters. The molecule has 7 heteroatoms. The summed E-state index contributed by atoms with van der Waals surface area (Å²) in [4.78, 5) is 15.9. The van der Waals surface area contributed by atoms with Gasteiger partial charge in [0.1, 0.15) is 5.01 Å². The SMILES string of the molecule is O=C(Nc1nnc(C2CCCNC2)s1)c1ccncc1. The molecular formula is C13H15N5OS. The number of aromatic nitrogens is 3. The number of nitrogens with zero attached hydrogens (tertiary/aromatic N) is 3. The molecule has 2 aromatic rings. The number of carbonyl (C=O) groups is 1. The van der Waals surface area contributed by atoms with Crippen LogP contribution in [0.3, 0.4) is 0 Å². The lowest BCUT2D eigenvalue weighted by molar-refractivity contribution is 0.102. The number of hydrogen-bond acceptors (Lipinski definition) is 6. The Morgan fingerprint density at radius 2 is 2.20 bits per heavy atom. The molecule has 0 radical (unpaired) electrons. The van der Waals surface area contributed by atoms with Crippen LogP contribution in [-0.2, 0) is 0 Å². The van der Waals surface area contributed by atoms with Crippen molar-refractivity contribution in [3.63, 3.8) is 0 Å². The number of nitrogens with one attached hydrogen (secondary N) is 2. The summed E-state index contributed by atoms with van der Waals surface area (Å²) in [5.74, 6) is 0.227. The summed E-state index contributed by atoms with van der Waals surface area (Å²) in [7, 11) is 0. The van der Waals surface area contributed by atoms with Crippen molar-refractivity contribution in [2.24, 2.45) is 0 Å². The summed E-state index contributed by atoms with van der Waals surface area (Å²) in [5, 5.41) is 15.9. The zero-order chi connectivity index (χ0) is 13.8. The van der Waals surface area contributed by atoms with Gasteiger partial charge in [-0.25, -0.2) is 0 Å². The Morgan fingerprint density at radius 1 is 1.35 bits per heavy atom. The van der Waals surface area contributed by atoms with Crippen molar-refractivity contribution in [2.45, 2.75) is 18.8 Å². The van der Waals surface area contributed by atoms with Gasteiger partial charge in [-0.3, -0.25) is 15.1 Å². The van der Waals surface area contributed by atoms with Crippen LogP contribution in [0, 0.1) is 0 Å². The first kappa shape index (κ1) is 13.1. The maximum Gasteiger partial charge on any atom is 0.257 e. The number of anilines is 1. The molecule has 0 aromatic carbocycles. The molecule has 1 aliphatic rings. The first-order valence-electron chi connectivity index (χ1n) is 6.58. The normalized spacial score (nSPS) is 18.7. The van der Waals surface area contributed by atoms with E-state index in [1.807, 2.05) is 0 Å². The molecule has 3 rings (SSSR count). The molecule has 2 aromatic heterocycles. The van der Waals surface area contributed by atoms with Gasteiger partial charge in [0.15, 0.2) is 0 Å². The van der Waals surface area contributed by atoms with Crippen LogP contribution in [0.15, 0.2) is 24.5 Å². The van der Waals surface area contributed by atoms with Crippen molar-refractivity contribution in [1.29, 1.82) is 0 Å². The van der Waals surface area contributed by atoms with Crippen molar-refractivity contribution >= 4 is 22.4 Å². The number of carbonyl (C=O) groups excluding carboxylic acids is 1. The molecule has 104 valence electrons. The first-order valence-corrected chi connectivity index (χ1v) is 7.40. The zero-order valence-electron chi connectivity index (χ0n) is 10.9. The molecule has 0 aliphatic carbocycles. The standard InChI is InChI=1S/C13H15N5OS/c19-11(9-3-6-14-7-4-9)16-13-18-17-12(20-13)10-2-1-5-15-8-10/h3-4,6-7,10,15H,1-2,5,8H2,(H,16,18,19). The molecular weight excluding hydrogens is 274 g/mol. The van der Waals surface area contributed by atoms with Gasteiger partial charge >= 0.3 is 0 Å². The maximum atomic E-state index is 12.0. The van der Waals surface area contributed by atoms with Crippen LogP contribution in [0.25, 0.3) is 0 Å². The van der Waals surface area contributed by atoms with Gasteiger partial charge in [-0.15, -0.1) is 10.2 Å². The summed E-state index contributed by atoms with van der Waals surface area (Å²) in [5.41, 5.74) is 0.566. The van der Waals surface area contributed by atoms with E-state index in [4.69, 9.17) is 0 Å². The van der Waals surface area contributed by atoms with Gasteiger partial charge in [0.25, 0.3) is 5.91 Å². The number of rotatable bonds is 3. The van der Waals surface area contributed by atoms with Crippen LogP contribution in [-0.4, -0.2) is 34.2 Å². The monoisotopic (exact) mass is 289 g/mol. The Balaban J connectivity index is 1.66. The summed E-state index contributed by atoms with van der Waals surface area (Å²) in [6.07, 6.45) is 5.46. The summed E-state index contributed by atoms with van der Waals surface area (Å²) in [6.45, 7) is 2.01. The van der Waals surface area contributed by atoms with E-state index in [2.05, 4.69) is 25.8 Å². The van der Waals surface area contributed by atoms with Crippen LogP contribution in [0.1, 0.15) is 34.1 Å². The van der Waals surface area contributed by atoms with E-state index in [0.29, 0.717) is 16.6 Å². The first-order chi connectivity index (χ1) is 9.83. The molecule has 2 N–H and O–H groups in total. The van der Waals surface area contributed by atoms with Gasteiger partial charge in [0.05, 0.1) is 0 Å². The highest BCUT2D eigenvalue weighted by molar-refractivity contribution is 7.15. The minimum atomic E-state index is -0.183. The Kier molecular flexibility index (Phi) is 3.98. The van der Waals surface area contributed by atoms with E-state index in [-0.39, 0.29) is 5.91 Å². The third kappa shape index (κ3) is 3.00. The van der Waals surface area contributed by atoms with Crippen molar-refractivity contribution in [2.75, 3.05) is 18.4 Å². The maximum absolute atomic E-state index is 12.0. The number of pyridine rings is 1. The molecule has 1 fully saturated rings. The highest BCUT2D eigenvalue weighted by Gasteiger charge is 2.20. The fraction of sp³-hybridized carbons (Fsp3) is 0.385. The average Bonchev–Trinajstić information content (AvgIpc) is 2.97. The van der Waals surface area contributed by atoms with Gasteiger partial charge in [-0.05, 0) is 31.5 Å². The Morgan fingerprint density at radius 3 is 2.95 bits per heavy atom. The highest BCUT2D eigenvalue weighted by atomic mass is 32.1. The predicted octanol–water partition coefficient (Wildman–Crippen LogP) is 1.65. The molecule has 20 heavy (non-hydrogen) atoms. The summed E-state index contributed by atoms with van der Waals surface area (Å²) >= 11 is 1.45. The Labute approximate surface area is 120 Å². The van der Waals surface area contributed by atoms with Crippen molar-refractivity contribution < 1.29 is 4.79 Å². The quantitative estimate of drug-likeness (QED) is 0.898. The van der Waals surface area contributed by atoms with E-state index in [1.54, 1.807) is 24.5 Å². The molecule has 1 amide bonds. The summed E-state index contributed by atoms with van der Waals surface area (Å²) < 4.78 is 0. The minimum absolute atomic E-state index is 0.183. The Hall–Kier alpha value is -1.86. The van der Waals surface area contributed by atoms with Crippen LogP contribution >= 0.6 is 11.3 Å². The van der Waals surface area contributed by atoms with Gasteiger partial charge in [0.2, 0.25) is 5.13 Å². The van der Waals surface area contributed by atoms with Crippen LogP contribution in [0.2, 0.25) is 0 Å². The van der Waals surface area contributed by atoms with Crippen LogP contribution in [0.5, 0.6) is 0 Å². The highest BCUT2D eigenvalue weighted by Crippen LogP contribution is 2.28. The minimum Gasteiger partial charge on any atom is -0.316 e. The lowest BCUT2D eigenvalue weighted by Gasteiger charge is -2.19. The van der Waals surface area contributed by atoms with Crippen LogP contribution in [0.4, 0.5) is 5.13 Å². The van der Waals surface area contributed by atoms with E-state index < -0.39 is 0 Å². The van der Waals surface area contributed by atoms with Gasteiger partial charge in [-0.2, -0.15) is 0 Å². The molecule has 3 heterocycles. The van der Waals surface area contributed by atoms with E-state index in [1.165, 1.54) is 11.3 Å². The zero-order valence-corrected chi connectivity index (χ0v) is 11.7. The largest absolute Gasteiger partial charge is 0.316 e. The lowest BCUT2D eigenvalue weighted by atomic mass is 10.0. The third-order valence-electron chi connectivity index (χ3n) is 3.25. The molecule has 1 saturated heterocycles. The second kappa shape index (κ2) is 6.06. The number of piperidine rings is 1. The van der Waals surface area contributed by atoms with Gasteiger partial charge in [-0.1, -0.05) is 11.3 Å². The van der Waals surface area contributed by atoms with Crippen LogP contribution < -0.4 is 10.6 Å². The molecule has 1 unspecified atom stereocenters. The molecule has 0 bridgehead atoms. The second-order valence-corrected chi connectivity index (χ2v) is 5.69. The van der Waals surface area contributed by atoms with E-state index >= 15 is 0 Å². The number of hydrogen-bond donors (Lipinski definition) is 2. The third-order valence-corrected chi connectivity index (χ3v) is 4.25. The number of amides is 1. The van der Waals surface area contributed by atoms with E-state index in [9.17, 15) is 4.79 Å². The van der Waals surface area contributed by atoms with Crippen molar-refractivity contribution in [3.8, 4) is 0 Å². The smallest absolute Gasteiger partial charge is 0.257 e.